The first-order valence-electron chi connectivity index (χ1n) is 6.98. The molecule has 0 saturated carbocycles. The number of carboxylic acids is 1. The molecule has 0 unspecified atom stereocenters. The van der Waals surface area contributed by atoms with E-state index in [1.165, 1.54) is 40.7 Å². The fraction of sp³-hybridized carbons (Fsp3) is 0.200. The topological polar surface area (TPSA) is 119 Å². The number of imidazole rings is 1. The highest BCUT2D eigenvalue weighted by Crippen LogP contribution is 2.21. The van der Waals surface area contributed by atoms with Crippen molar-refractivity contribution in [1.29, 1.82) is 0 Å². The third-order valence-electron chi connectivity index (χ3n) is 3.87. The molecule has 3 rings (SSSR count). The van der Waals surface area contributed by atoms with E-state index in [9.17, 15) is 24.6 Å². The molecule has 124 valence electrons. The van der Waals surface area contributed by atoms with Crippen molar-refractivity contribution in [1.82, 2.24) is 18.7 Å². The summed E-state index contributed by atoms with van der Waals surface area (Å²) in [6.45, 7) is -0.275. The lowest BCUT2D eigenvalue weighted by atomic mass is 10.1. The van der Waals surface area contributed by atoms with E-state index in [4.69, 9.17) is 0 Å². The van der Waals surface area contributed by atoms with Gasteiger partial charge < -0.3 is 14.8 Å². The Kier molecular flexibility index (Phi) is 3.48. The van der Waals surface area contributed by atoms with Crippen molar-refractivity contribution in [2.45, 2.75) is 6.54 Å². The monoisotopic (exact) mass is 330 g/mol. The second kappa shape index (κ2) is 5.37. The summed E-state index contributed by atoms with van der Waals surface area (Å²) in [5.41, 5.74) is -0.898. The number of hydrogen-bond acceptors (Lipinski definition) is 5. The van der Waals surface area contributed by atoms with Gasteiger partial charge in [-0.3, -0.25) is 13.9 Å². The summed E-state index contributed by atoms with van der Waals surface area (Å²) < 4.78 is 3.64. The first-order valence-corrected chi connectivity index (χ1v) is 6.98. The average Bonchev–Trinajstić information content (AvgIpc) is 2.91. The molecule has 9 heteroatoms. The lowest BCUT2D eigenvalue weighted by Gasteiger charge is -2.11. The van der Waals surface area contributed by atoms with Gasteiger partial charge in [-0.25, -0.2) is 14.6 Å². The third-order valence-corrected chi connectivity index (χ3v) is 3.87. The highest BCUT2D eigenvalue weighted by molar-refractivity contribution is 5.92. The second-order valence-electron chi connectivity index (χ2n) is 5.38. The van der Waals surface area contributed by atoms with Gasteiger partial charge in [0.25, 0.3) is 5.56 Å². The van der Waals surface area contributed by atoms with Gasteiger partial charge in [0.15, 0.2) is 11.2 Å². The summed E-state index contributed by atoms with van der Waals surface area (Å²) >= 11 is 0. The molecule has 0 atom stereocenters. The molecule has 0 spiro atoms. The molecule has 2 aromatic heterocycles. The van der Waals surface area contributed by atoms with Crippen molar-refractivity contribution < 1.29 is 15.0 Å². The maximum absolute atomic E-state index is 12.6. The molecule has 0 bridgehead atoms. The molecule has 0 fully saturated rings. The van der Waals surface area contributed by atoms with Crippen LogP contribution in [0.5, 0.6) is 5.75 Å². The summed E-state index contributed by atoms with van der Waals surface area (Å²) in [4.78, 5) is 40.5. The Hall–Kier alpha value is -3.36. The van der Waals surface area contributed by atoms with Gasteiger partial charge in [-0.15, -0.1) is 0 Å². The van der Waals surface area contributed by atoms with E-state index in [0.717, 1.165) is 4.57 Å². The van der Waals surface area contributed by atoms with Crippen LogP contribution in [0.3, 0.4) is 0 Å². The number of aromatic hydroxyl groups is 1. The molecule has 0 radical (unpaired) electrons. The Balaban J connectivity index is 2.28. The zero-order chi connectivity index (χ0) is 17.6. The number of phenols is 1. The number of nitrogens with zero attached hydrogens (tertiary/aromatic N) is 4. The van der Waals surface area contributed by atoms with Gasteiger partial charge >= 0.3 is 11.7 Å². The van der Waals surface area contributed by atoms with Crippen molar-refractivity contribution in [2.75, 3.05) is 0 Å². The molecule has 0 aliphatic rings. The van der Waals surface area contributed by atoms with Gasteiger partial charge in [0.1, 0.15) is 11.3 Å². The van der Waals surface area contributed by atoms with Gasteiger partial charge in [-0.2, -0.15) is 0 Å². The van der Waals surface area contributed by atoms with E-state index in [1.54, 1.807) is 7.05 Å². The van der Waals surface area contributed by atoms with Crippen LogP contribution >= 0.6 is 0 Å². The van der Waals surface area contributed by atoms with Crippen molar-refractivity contribution in [3.63, 3.8) is 0 Å². The van der Waals surface area contributed by atoms with Crippen LogP contribution in [0.2, 0.25) is 0 Å². The molecule has 24 heavy (non-hydrogen) atoms. The number of hydrogen-bond donors (Lipinski definition) is 2. The number of aromatic nitrogens is 4. The van der Waals surface area contributed by atoms with Gasteiger partial charge in [0.05, 0.1) is 12.9 Å². The smallest absolute Gasteiger partial charge is 0.339 e. The highest BCUT2D eigenvalue weighted by atomic mass is 16.4. The van der Waals surface area contributed by atoms with E-state index in [0.29, 0.717) is 0 Å². The fourth-order valence-electron chi connectivity index (χ4n) is 2.67. The summed E-state index contributed by atoms with van der Waals surface area (Å²) in [7, 11) is 3.11. The normalized spacial score (nSPS) is 11.1. The second-order valence-corrected chi connectivity index (χ2v) is 5.38. The first kappa shape index (κ1) is 15.5. The maximum atomic E-state index is 12.6. The molecule has 0 amide bonds. The molecule has 3 aromatic rings. The van der Waals surface area contributed by atoms with Gasteiger partial charge in [0, 0.05) is 14.1 Å². The lowest BCUT2D eigenvalue weighted by Crippen LogP contribution is -2.40. The Morgan fingerprint density at radius 2 is 1.96 bits per heavy atom. The molecular formula is C15H14N4O5. The quantitative estimate of drug-likeness (QED) is 0.691. The number of fused-ring (bicyclic) bond motifs is 1. The number of carboxylic acid groups (broad SMARTS) is 1. The number of rotatable bonds is 3. The third kappa shape index (κ3) is 2.18. The SMILES string of the molecule is Cn1cnc2c1c(=O)n(Cc1cccc(O)c1C(=O)O)c(=O)n2C. The Morgan fingerprint density at radius 3 is 2.62 bits per heavy atom. The van der Waals surface area contributed by atoms with Crippen LogP contribution in [0.1, 0.15) is 15.9 Å². The largest absolute Gasteiger partial charge is 0.507 e. The predicted octanol–water partition coefficient (Wildman–Crippen LogP) is -0.114. The van der Waals surface area contributed by atoms with Crippen LogP contribution in [-0.2, 0) is 20.6 Å². The molecule has 0 aliphatic carbocycles. The van der Waals surface area contributed by atoms with E-state index in [1.807, 2.05) is 0 Å². The van der Waals surface area contributed by atoms with Crippen LogP contribution < -0.4 is 11.2 Å². The number of benzene rings is 1. The molecule has 0 saturated heterocycles. The van der Waals surface area contributed by atoms with E-state index < -0.39 is 23.0 Å². The lowest BCUT2D eigenvalue weighted by molar-refractivity contribution is 0.0692. The summed E-state index contributed by atoms with van der Waals surface area (Å²) in [6.07, 6.45) is 1.42. The van der Waals surface area contributed by atoms with Gasteiger partial charge in [-0.05, 0) is 11.6 Å². The Morgan fingerprint density at radius 1 is 1.25 bits per heavy atom. The van der Waals surface area contributed by atoms with Crippen molar-refractivity contribution >= 4 is 17.1 Å². The highest BCUT2D eigenvalue weighted by Gasteiger charge is 2.19. The summed E-state index contributed by atoms with van der Waals surface area (Å²) in [5.74, 6) is -1.76. The molecule has 0 aliphatic heterocycles. The fourth-order valence-corrected chi connectivity index (χ4v) is 2.67. The first-order chi connectivity index (χ1) is 11.3. The van der Waals surface area contributed by atoms with Crippen molar-refractivity contribution in [2.24, 2.45) is 14.1 Å². The summed E-state index contributed by atoms with van der Waals surface area (Å²) in [6, 6.07) is 4.13. The zero-order valence-electron chi connectivity index (χ0n) is 12.9. The standard InChI is InChI=1S/C15H14N4O5/c1-17-7-16-12-11(17)13(21)19(15(24)18(12)2)6-8-4-3-5-9(20)10(8)14(22)23/h3-5,7,20H,6H2,1-2H3,(H,22,23). The minimum absolute atomic E-state index is 0.156. The van der Waals surface area contributed by atoms with Crippen LogP contribution in [0.15, 0.2) is 34.1 Å². The van der Waals surface area contributed by atoms with Crippen LogP contribution in [-0.4, -0.2) is 34.9 Å². The van der Waals surface area contributed by atoms with Crippen LogP contribution in [0.4, 0.5) is 0 Å². The van der Waals surface area contributed by atoms with Gasteiger partial charge in [-0.1, -0.05) is 12.1 Å². The van der Waals surface area contributed by atoms with E-state index in [-0.39, 0.29) is 28.8 Å². The van der Waals surface area contributed by atoms with Crippen LogP contribution in [0.25, 0.3) is 11.2 Å². The minimum atomic E-state index is -1.34. The number of carbonyl (C=O) groups is 1. The maximum Gasteiger partial charge on any atom is 0.339 e. The molecule has 1 aromatic carbocycles. The van der Waals surface area contributed by atoms with Crippen LogP contribution in [0, 0.1) is 0 Å². The zero-order valence-corrected chi connectivity index (χ0v) is 12.9. The Bertz CT molecular complexity index is 1090. The van der Waals surface area contributed by atoms with E-state index in [2.05, 4.69) is 4.98 Å². The van der Waals surface area contributed by atoms with E-state index >= 15 is 0 Å². The minimum Gasteiger partial charge on any atom is -0.507 e. The number of aryl methyl sites for hydroxylation is 2. The molecular weight excluding hydrogens is 316 g/mol. The molecule has 2 N–H and O–H groups in total. The van der Waals surface area contributed by atoms with Crippen molar-refractivity contribution in [3.05, 3.63) is 56.5 Å². The average molecular weight is 330 g/mol. The van der Waals surface area contributed by atoms with Crippen molar-refractivity contribution in [3.8, 4) is 5.75 Å². The molecule has 9 nitrogen and oxygen atoms in total. The van der Waals surface area contributed by atoms with Gasteiger partial charge in [0.2, 0.25) is 0 Å². The predicted molar refractivity (Wildman–Crippen MR) is 84.4 cm³/mol. The summed E-state index contributed by atoms with van der Waals surface area (Å²) in [5, 5.41) is 19.0. The Labute approximate surface area is 134 Å². The number of aromatic carboxylic acids is 1. The molecule has 2 heterocycles.